The molecule has 4 aromatic heterocycles. The van der Waals surface area contributed by atoms with E-state index in [4.69, 9.17) is 9.97 Å². The SMILES string of the molecule is CC[C@@H]1c2nnc(C)n2-c2cnc(-n3cnc(-c4cccnc4)c3)nc2N1C1CCCC1. The number of imidazole rings is 1. The monoisotopic (exact) mass is 427 g/mol. The van der Waals surface area contributed by atoms with Crippen LogP contribution in [0.1, 0.15) is 56.7 Å². The van der Waals surface area contributed by atoms with Gasteiger partial charge in [-0.25, -0.2) is 9.97 Å². The van der Waals surface area contributed by atoms with Crippen molar-refractivity contribution in [3.8, 4) is 22.9 Å². The van der Waals surface area contributed by atoms with Crippen LogP contribution >= 0.6 is 0 Å². The number of nitrogens with zero attached hydrogens (tertiary/aromatic N) is 9. The molecule has 0 unspecified atom stereocenters. The van der Waals surface area contributed by atoms with Gasteiger partial charge in [0.25, 0.3) is 0 Å². The van der Waals surface area contributed by atoms with E-state index in [-0.39, 0.29) is 6.04 Å². The summed E-state index contributed by atoms with van der Waals surface area (Å²) in [5.41, 5.74) is 2.76. The maximum atomic E-state index is 5.08. The van der Waals surface area contributed by atoms with Crippen molar-refractivity contribution in [1.82, 2.24) is 39.3 Å². The zero-order chi connectivity index (χ0) is 21.7. The van der Waals surface area contributed by atoms with E-state index >= 15 is 0 Å². The molecular weight excluding hydrogens is 402 g/mol. The fraction of sp³-hybridized carbons (Fsp3) is 0.391. The molecule has 162 valence electrons. The summed E-state index contributed by atoms with van der Waals surface area (Å²) in [6.45, 7) is 4.20. The predicted molar refractivity (Wildman–Crippen MR) is 120 cm³/mol. The lowest BCUT2D eigenvalue weighted by Crippen LogP contribution is -2.42. The molecular formula is C23H25N9. The molecule has 1 atom stereocenters. The zero-order valence-corrected chi connectivity index (χ0v) is 18.3. The molecule has 32 heavy (non-hydrogen) atoms. The van der Waals surface area contributed by atoms with Gasteiger partial charge in [0, 0.05) is 30.2 Å². The minimum atomic E-state index is 0.156. The van der Waals surface area contributed by atoms with E-state index in [1.54, 1.807) is 12.5 Å². The number of rotatable bonds is 4. The Hall–Kier alpha value is -3.62. The van der Waals surface area contributed by atoms with Gasteiger partial charge in [-0.2, -0.15) is 4.98 Å². The van der Waals surface area contributed by atoms with Crippen molar-refractivity contribution in [2.24, 2.45) is 0 Å². The molecule has 0 saturated heterocycles. The summed E-state index contributed by atoms with van der Waals surface area (Å²) in [6.07, 6.45) is 15.0. The number of pyridine rings is 1. The molecule has 1 fully saturated rings. The Labute approximate surface area is 186 Å². The Bertz CT molecular complexity index is 1250. The lowest BCUT2D eigenvalue weighted by Gasteiger charge is -2.41. The second-order valence-electron chi connectivity index (χ2n) is 8.50. The van der Waals surface area contributed by atoms with Gasteiger partial charge in [0.2, 0.25) is 5.95 Å². The van der Waals surface area contributed by atoms with Gasteiger partial charge in [-0.1, -0.05) is 19.8 Å². The van der Waals surface area contributed by atoms with Crippen LogP contribution in [0.2, 0.25) is 0 Å². The van der Waals surface area contributed by atoms with Crippen LogP contribution in [0.15, 0.2) is 43.2 Å². The minimum absolute atomic E-state index is 0.156. The van der Waals surface area contributed by atoms with Crippen molar-refractivity contribution in [3.63, 3.8) is 0 Å². The van der Waals surface area contributed by atoms with Crippen molar-refractivity contribution in [2.45, 2.75) is 58.0 Å². The summed E-state index contributed by atoms with van der Waals surface area (Å²) in [6, 6.07) is 4.52. The quantitative estimate of drug-likeness (QED) is 0.489. The van der Waals surface area contributed by atoms with Crippen molar-refractivity contribution in [2.75, 3.05) is 4.90 Å². The fourth-order valence-electron chi connectivity index (χ4n) is 5.08. The molecule has 4 aromatic rings. The van der Waals surface area contributed by atoms with Gasteiger partial charge in [0.15, 0.2) is 11.6 Å². The van der Waals surface area contributed by atoms with Crippen molar-refractivity contribution < 1.29 is 0 Å². The molecule has 6 rings (SSSR count). The lowest BCUT2D eigenvalue weighted by atomic mass is 10.0. The van der Waals surface area contributed by atoms with E-state index in [9.17, 15) is 0 Å². The molecule has 5 heterocycles. The van der Waals surface area contributed by atoms with E-state index in [0.29, 0.717) is 12.0 Å². The van der Waals surface area contributed by atoms with Gasteiger partial charge in [0.05, 0.1) is 17.9 Å². The van der Waals surface area contributed by atoms with Crippen molar-refractivity contribution >= 4 is 5.82 Å². The van der Waals surface area contributed by atoms with Gasteiger partial charge in [-0.15, -0.1) is 10.2 Å². The molecule has 1 aliphatic carbocycles. The predicted octanol–water partition coefficient (Wildman–Crippen LogP) is 3.83. The highest BCUT2D eigenvalue weighted by Crippen LogP contribution is 2.43. The Balaban J connectivity index is 1.48. The molecule has 1 aliphatic heterocycles. The van der Waals surface area contributed by atoms with Crippen LogP contribution < -0.4 is 4.90 Å². The van der Waals surface area contributed by atoms with E-state index in [0.717, 1.165) is 40.8 Å². The highest BCUT2D eigenvalue weighted by molar-refractivity contribution is 5.63. The second kappa shape index (κ2) is 7.51. The summed E-state index contributed by atoms with van der Waals surface area (Å²) < 4.78 is 4.00. The van der Waals surface area contributed by atoms with Gasteiger partial charge < -0.3 is 4.90 Å². The van der Waals surface area contributed by atoms with E-state index in [1.165, 1.54) is 25.7 Å². The molecule has 0 amide bonds. The van der Waals surface area contributed by atoms with E-state index in [2.05, 4.69) is 36.6 Å². The molecule has 2 aliphatic rings. The first-order valence-corrected chi connectivity index (χ1v) is 11.3. The first-order chi connectivity index (χ1) is 15.7. The summed E-state index contributed by atoms with van der Waals surface area (Å²) in [5, 5.41) is 8.92. The molecule has 9 nitrogen and oxygen atoms in total. The number of aryl methyl sites for hydroxylation is 1. The van der Waals surface area contributed by atoms with Gasteiger partial charge >= 0.3 is 0 Å². The Morgan fingerprint density at radius 2 is 1.97 bits per heavy atom. The van der Waals surface area contributed by atoms with E-state index < -0.39 is 0 Å². The molecule has 0 radical (unpaired) electrons. The molecule has 0 bridgehead atoms. The summed E-state index contributed by atoms with van der Waals surface area (Å²) in [4.78, 5) is 21.0. The van der Waals surface area contributed by atoms with Crippen LogP contribution in [0.3, 0.4) is 0 Å². The maximum Gasteiger partial charge on any atom is 0.237 e. The minimum Gasteiger partial charge on any atom is -0.341 e. The third-order valence-electron chi connectivity index (χ3n) is 6.58. The smallest absolute Gasteiger partial charge is 0.237 e. The fourth-order valence-corrected chi connectivity index (χ4v) is 5.08. The zero-order valence-electron chi connectivity index (χ0n) is 18.3. The molecule has 1 saturated carbocycles. The highest BCUT2D eigenvalue weighted by atomic mass is 15.4. The van der Waals surface area contributed by atoms with Crippen molar-refractivity contribution in [3.05, 3.63) is 54.9 Å². The number of anilines is 1. The van der Waals surface area contributed by atoms with Gasteiger partial charge in [-0.3, -0.25) is 14.1 Å². The number of hydrogen-bond donors (Lipinski definition) is 0. The van der Waals surface area contributed by atoms with Crippen LogP contribution in [-0.2, 0) is 0 Å². The van der Waals surface area contributed by atoms with Crippen LogP contribution in [-0.4, -0.2) is 45.3 Å². The summed E-state index contributed by atoms with van der Waals surface area (Å²) >= 11 is 0. The van der Waals surface area contributed by atoms with Crippen LogP contribution in [0.5, 0.6) is 0 Å². The Morgan fingerprint density at radius 3 is 2.75 bits per heavy atom. The molecule has 9 heteroatoms. The third kappa shape index (κ3) is 2.91. The topological polar surface area (TPSA) is 90.4 Å². The summed E-state index contributed by atoms with van der Waals surface area (Å²) in [5.74, 6) is 3.42. The van der Waals surface area contributed by atoms with E-state index in [1.807, 2.05) is 42.2 Å². The molecule has 0 N–H and O–H groups in total. The van der Waals surface area contributed by atoms with Crippen LogP contribution in [0.25, 0.3) is 22.9 Å². The maximum absolute atomic E-state index is 5.08. The Kier molecular flexibility index (Phi) is 4.48. The number of hydrogen-bond acceptors (Lipinski definition) is 7. The average Bonchev–Trinajstić information content (AvgIpc) is 3.60. The Morgan fingerprint density at radius 1 is 1.09 bits per heavy atom. The average molecular weight is 428 g/mol. The van der Waals surface area contributed by atoms with Gasteiger partial charge in [-0.05, 0) is 38.3 Å². The first-order valence-electron chi connectivity index (χ1n) is 11.3. The second-order valence-corrected chi connectivity index (χ2v) is 8.50. The number of fused-ring (bicyclic) bond motifs is 3. The molecule has 0 spiro atoms. The first kappa shape index (κ1) is 19.1. The van der Waals surface area contributed by atoms with Crippen molar-refractivity contribution in [1.29, 1.82) is 0 Å². The normalized spacial score (nSPS) is 18.1. The standard InChI is InChI=1S/C23H25N9/c1-3-19-22-29-28-15(2)31(22)20-12-25-23(27-21(20)32(19)17-8-4-5-9-17)30-13-18(26-14-30)16-7-6-10-24-11-16/h6-7,10-14,17,19H,3-5,8-9H2,1-2H3/t19-/m1/s1. The third-order valence-corrected chi connectivity index (χ3v) is 6.58. The van der Waals surface area contributed by atoms with Crippen LogP contribution in [0.4, 0.5) is 5.82 Å². The van der Waals surface area contributed by atoms with Gasteiger partial charge in [0.1, 0.15) is 17.8 Å². The summed E-state index contributed by atoms with van der Waals surface area (Å²) in [7, 11) is 0. The lowest BCUT2D eigenvalue weighted by molar-refractivity contribution is 0.467. The highest BCUT2D eigenvalue weighted by Gasteiger charge is 2.39. The van der Waals surface area contributed by atoms with Crippen LogP contribution in [0, 0.1) is 6.92 Å². The number of aromatic nitrogens is 8. The largest absolute Gasteiger partial charge is 0.341 e. The molecule has 0 aromatic carbocycles.